The summed E-state index contributed by atoms with van der Waals surface area (Å²) >= 11 is 0. The summed E-state index contributed by atoms with van der Waals surface area (Å²) in [5, 5.41) is 4.26. The summed E-state index contributed by atoms with van der Waals surface area (Å²) < 4.78 is 7.66. The van der Waals surface area contributed by atoms with Gasteiger partial charge in [-0.1, -0.05) is 30.3 Å². The van der Waals surface area contributed by atoms with Gasteiger partial charge in [0.15, 0.2) is 5.76 Å². The lowest BCUT2D eigenvalue weighted by Gasteiger charge is -2.18. The van der Waals surface area contributed by atoms with Crippen molar-refractivity contribution in [1.82, 2.24) is 14.7 Å². The van der Waals surface area contributed by atoms with E-state index in [1.54, 1.807) is 6.20 Å². The van der Waals surface area contributed by atoms with Crippen LogP contribution in [-0.4, -0.2) is 21.3 Å². The largest absolute Gasteiger partial charge is 0.356 e. The Morgan fingerprint density at radius 2 is 2.11 bits per heavy atom. The SMILES string of the molecule is CCc1nccn1C(CN)c1cc(-c2ccc(C#CC3CCC3)cc2)on1. The number of rotatable bonds is 5. The van der Waals surface area contributed by atoms with Crippen molar-refractivity contribution in [1.29, 1.82) is 0 Å². The Balaban J connectivity index is 1.53. The topological polar surface area (TPSA) is 69.9 Å². The van der Waals surface area contributed by atoms with Crippen LogP contribution in [0.2, 0.25) is 0 Å². The van der Waals surface area contributed by atoms with Crippen molar-refractivity contribution in [3.05, 3.63) is 59.8 Å². The molecule has 5 nitrogen and oxygen atoms in total. The average molecular weight is 360 g/mol. The van der Waals surface area contributed by atoms with Crippen LogP contribution in [0.5, 0.6) is 0 Å². The first kappa shape index (κ1) is 17.6. The molecule has 0 aliphatic heterocycles. The van der Waals surface area contributed by atoms with Gasteiger partial charge in [-0.15, -0.1) is 0 Å². The highest BCUT2D eigenvalue weighted by molar-refractivity contribution is 5.59. The number of nitrogens with two attached hydrogens (primary N) is 1. The second kappa shape index (κ2) is 7.81. The zero-order chi connectivity index (χ0) is 18.6. The Morgan fingerprint density at radius 3 is 2.78 bits per heavy atom. The van der Waals surface area contributed by atoms with Crippen LogP contribution < -0.4 is 5.73 Å². The van der Waals surface area contributed by atoms with E-state index >= 15 is 0 Å². The van der Waals surface area contributed by atoms with Crippen LogP contribution in [0.1, 0.15) is 49.3 Å². The summed E-state index contributed by atoms with van der Waals surface area (Å²) in [6.07, 6.45) is 8.38. The highest BCUT2D eigenvalue weighted by Crippen LogP contribution is 2.27. The first-order valence-electron chi connectivity index (χ1n) is 9.59. The van der Waals surface area contributed by atoms with Gasteiger partial charge in [-0.05, 0) is 37.1 Å². The number of hydrogen-bond donors (Lipinski definition) is 1. The minimum absolute atomic E-state index is 0.0763. The Morgan fingerprint density at radius 1 is 1.30 bits per heavy atom. The molecular weight excluding hydrogens is 336 g/mol. The maximum Gasteiger partial charge on any atom is 0.167 e. The van der Waals surface area contributed by atoms with E-state index in [1.807, 2.05) is 36.5 Å². The van der Waals surface area contributed by atoms with Crippen molar-refractivity contribution in [3.8, 4) is 23.2 Å². The molecule has 0 radical (unpaired) electrons. The van der Waals surface area contributed by atoms with E-state index in [9.17, 15) is 0 Å². The fourth-order valence-corrected chi connectivity index (χ4v) is 3.32. The van der Waals surface area contributed by atoms with Crippen molar-refractivity contribution in [2.24, 2.45) is 11.7 Å². The normalized spacial score (nSPS) is 15.0. The Kier molecular flexibility index (Phi) is 5.08. The number of benzene rings is 1. The third-order valence-electron chi connectivity index (χ3n) is 5.19. The summed E-state index contributed by atoms with van der Waals surface area (Å²) in [7, 11) is 0. The van der Waals surface area contributed by atoms with Crippen molar-refractivity contribution >= 4 is 0 Å². The first-order chi connectivity index (χ1) is 13.3. The molecule has 2 heterocycles. The molecule has 1 aliphatic carbocycles. The summed E-state index contributed by atoms with van der Waals surface area (Å²) in [4.78, 5) is 4.38. The minimum Gasteiger partial charge on any atom is -0.356 e. The maximum absolute atomic E-state index is 6.02. The molecule has 3 aromatic rings. The maximum atomic E-state index is 6.02. The number of hydrogen-bond acceptors (Lipinski definition) is 4. The lowest BCUT2D eigenvalue weighted by Crippen LogP contribution is -2.21. The van der Waals surface area contributed by atoms with Crippen LogP contribution in [0, 0.1) is 17.8 Å². The molecule has 138 valence electrons. The molecule has 2 aromatic heterocycles. The zero-order valence-electron chi connectivity index (χ0n) is 15.6. The summed E-state index contributed by atoms with van der Waals surface area (Å²) in [5.74, 6) is 8.92. The van der Waals surface area contributed by atoms with Gasteiger partial charge in [-0.25, -0.2) is 4.98 Å². The Hall–Kier alpha value is -2.84. The second-order valence-corrected chi connectivity index (χ2v) is 6.95. The fraction of sp³-hybridized carbons (Fsp3) is 0.364. The van der Waals surface area contributed by atoms with E-state index in [2.05, 4.69) is 33.5 Å². The molecule has 2 N–H and O–H groups in total. The predicted molar refractivity (Wildman–Crippen MR) is 105 cm³/mol. The highest BCUT2D eigenvalue weighted by Gasteiger charge is 2.19. The molecule has 1 fully saturated rings. The van der Waals surface area contributed by atoms with Gasteiger partial charge < -0.3 is 14.8 Å². The van der Waals surface area contributed by atoms with Crippen LogP contribution in [0.3, 0.4) is 0 Å². The molecule has 0 amide bonds. The van der Waals surface area contributed by atoms with Crippen LogP contribution in [0.15, 0.2) is 47.2 Å². The van der Waals surface area contributed by atoms with Crippen molar-refractivity contribution in [2.45, 2.75) is 38.6 Å². The molecule has 5 heteroatoms. The molecule has 0 bridgehead atoms. The quantitative estimate of drug-likeness (QED) is 0.703. The minimum atomic E-state index is -0.0763. The molecular formula is C22H24N4O. The molecule has 27 heavy (non-hydrogen) atoms. The summed E-state index contributed by atoms with van der Waals surface area (Å²) in [6.45, 7) is 2.51. The highest BCUT2D eigenvalue weighted by atomic mass is 16.5. The van der Waals surface area contributed by atoms with Gasteiger partial charge in [0.1, 0.15) is 11.5 Å². The number of nitrogens with zero attached hydrogens (tertiary/aromatic N) is 3. The van der Waals surface area contributed by atoms with E-state index in [0.29, 0.717) is 12.5 Å². The molecule has 4 rings (SSSR count). The second-order valence-electron chi connectivity index (χ2n) is 6.95. The standard InChI is InChI=1S/C22H24N4O/c1-2-22-24-12-13-26(22)20(15-23)19-14-21(27-25-19)18-10-8-17(9-11-18)7-6-16-4-3-5-16/h8-14,16,20H,2-5,15,23H2,1H3. The average Bonchev–Trinajstić information content (AvgIpc) is 3.32. The van der Waals surface area contributed by atoms with E-state index in [-0.39, 0.29) is 6.04 Å². The van der Waals surface area contributed by atoms with E-state index in [4.69, 9.17) is 10.3 Å². The zero-order valence-corrected chi connectivity index (χ0v) is 15.6. The van der Waals surface area contributed by atoms with Gasteiger partial charge in [0.05, 0.1) is 6.04 Å². The van der Waals surface area contributed by atoms with Gasteiger partial charge in [0, 0.05) is 48.5 Å². The molecule has 0 saturated heterocycles. The molecule has 1 unspecified atom stereocenters. The van der Waals surface area contributed by atoms with Crippen molar-refractivity contribution in [3.63, 3.8) is 0 Å². The van der Waals surface area contributed by atoms with E-state index in [1.165, 1.54) is 19.3 Å². The van der Waals surface area contributed by atoms with Gasteiger partial charge in [0.25, 0.3) is 0 Å². The fourth-order valence-electron chi connectivity index (χ4n) is 3.32. The third-order valence-corrected chi connectivity index (χ3v) is 5.19. The van der Waals surface area contributed by atoms with E-state index < -0.39 is 0 Å². The van der Waals surface area contributed by atoms with Crippen LogP contribution in [-0.2, 0) is 6.42 Å². The lowest BCUT2D eigenvalue weighted by atomic mass is 9.86. The molecule has 1 atom stereocenters. The lowest BCUT2D eigenvalue weighted by molar-refractivity contribution is 0.401. The van der Waals surface area contributed by atoms with Crippen LogP contribution in [0.25, 0.3) is 11.3 Å². The van der Waals surface area contributed by atoms with Crippen molar-refractivity contribution in [2.75, 3.05) is 6.54 Å². The molecule has 1 aromatic carbocycles. The van der Waals surface area contributed by atoms with Gasteiger partial charge in [-0.2, -0.15) is 0 Å². The number of aryl methyl sites for hydroxylation is 1. The van der Waals surface area contributed by atoms with Gasteiger partial charge >= 0.3 is 0 Å². The van der Waals surface area contributed by atoms with Crippen LogP contribution >= 0.6 is 0 Å². The van der Waals surface area contributed by atoms with Gasteiger partial charge in [0.2, 0.25) is 0 Å². The van der Waals surface area contributed by atoms with Crippen molar-refractivity contribution < 1.29 is 4.52 Å². The van der Waals surface area contributed by atoms with Gasteiger partial charge in [-0.3, -0.25) is 0 Å². The summed E-state index contributed by atoms with van der Waals surface area (Å²) in [5.41, 5.74) is 8.85. The smallest absolute Gasteiger partial charge is 0.167 e. The Labute approximate surface area is 159 Å². The molecule has 1 saturated carbocycles. The number of imidazole rings is 1. The molecule has 1 aliphatic rings. The molecule has 0 spiro atoms. The Bertz CT molecular complexity index is 954. The predicted octanol–water partition coefficient (Wildman–Crippen LogP) is 3.80. The van der Waals surface area contributed by atoms with E-state index in [0.717, 1.165) is 34.8 Å². The summed E-state index contributed by atoms with van der Waals surface area (Å²) in [6, 6.07) is 10.0. The monoisotopic (exact) mass is 360 g/mol. The third kappa shape index (κ3) is 3.67. The van der Waals surface area contributed by atoms with Crippen LogP contribution in [0.4, 0.5) is 0 Å². The number of aromatic nitrogens is 3. The first-order valence-corrected chi connectivity index (χ1v) is 9.59.